The molecule has 1 heterocycles. The number of nitrogens with zero attached hydrogens (tertiary/aromatic N) is 2. The van der Waals surface area contributed by atoms with Crippen molar-refractivity contribution in [2.45, 2.75) is 18.4 Å². The minimum atomic E-state index is -0.509. The van der Waals surface area contributed by atoms with Crippen molar-refractivity contribution in [3.05, 3.63) is 64.2 Å². The number of nitrogens with two attached hydrogens (primary N) is 1. The third-order valence-corrected chi connectivity index (χ3v) is 4.99. The van der Waals surface area contributed by atoms with Crippen LogP contribution in [0.4, 0.5) is 11.4 Å². The van der Waals surface area contributed by atoms with Gasteiger partial charge in [0.05, 0.1) is 17.7 Å². The first-order valence-corrected chi connectivity index (χ1v) is 9.13. The number of benzene rings is 2. The van der Waals surface area contributed by atoms with E-state index >= 15 is 0 Å². The first-order chi connectivity index (χ1) is 13.5. The van der Waals surface area contributed by atoms with Gasteiger partial charge in [-0.05, 0) is 11.6 Å². The van der Waals surface area contributed by atoms with E-state index in [0.717, 1.165) is 13.1 Å². The van der Waals surface area contributed by atoms with Gasteiger partial charge in [-0.3, -0.25) is 14.9 Å². The fourth-order valence-corrected chi connectivity index (χ4v) is 3.53. The van der Waals surface area contributed by atoms with Crippen molar-refractivity contribution in [1.82, 2.24) is 4.90 Å². The van der Waals surface area contributed by atoms with Gasteiger partial charge < -0.3 is 20.7 Å². The van der Waals surface area contributed by atoms with Gasteiger partial charge in [-0.2, -0.15) is 0 Å². The largest absolute Gasteiger partial charge is 0.495 e. The zero-order valence-electron chi connectivity index (χ0n) is 16.1. The Bertz CT molecular complexity index is 850. The third kappa shape index (κ3) is 5.66. The highest BCUT2D eigenvalue weighted by Gasteiger charge is 2.31. The topological polar surface area (TPSA) is 111 Å². The van der Waals surface area contributed by atoms with Crippen LogP contribution >= 0.6 is 12.4 Å². The van der Waals surface area contributed by atoms with Crippen LogP contribution < -0.4 is 15.8 Å². The number of anilines is 1. The van der Waals surface area contributed by atoms with E-state index in [9.17, 15) is 14.9 Å². The highest BCUT2D eigenvalue weighted by Crippen LogP contribution is 2.29. The van der Waals surface area contributed by atoms with Gasteiger partial charge in [-0.25, -0.2) is 0 Å². The number of nitrogens with one attached hydrogen (secondary N) is 1. The normalized spacial score (nSPS) is 18.7. The second-order valence-corrected chi connectivity index (χ2v) is 6.88. The number of nitro benzene ring substituents is 1. The van der Waals surface area contributed by atoms with E-state index < -0.39 is 4.92 Å². The SMILES string of the molecule is COc1ccc([N+](=O)[O-])cc1NC(=O)CCN1C[C@@H](N)[C@H](c2ccccc2)C1.Cl. The number of nitro groups is 1. The van der Waals surface area contributed by atoms with Crippen LogP contribution in [-0.2, 0) is 4.79 Å². The number of carbonyl (C=O) groups excluding carboxylic acids is 1. The zero-order chi connectivity index (χ0) is 20.1. The summed E-state index contributed by atoms with van der Waals surface area (Å²) in [6, 6.07) is 14.3. The Morgan fingerprint density at radius 3 is 2.66 bits per heavy atom. The standard InChI is InChI=1S/C20H24N4O4.ClH/c1-28-19-8-7-15(24(26)27)11-18(19)22-20(25)9-10-23-12-16(17(21)13-23)14-5-3-2-4-6-14;/h2-8,11,16-17H,9-10,12-13,21H2,1H3,(H,22,25);1H/t16-,17+;/m0./s1. The maximum absolute atomic E-state index is 12.4. The van der Waals surface area contributed by atoms with E-state index in [1.165, 1.54) is 30.9 Å². The third-order valence-electron chi connectivity index (χ3n) is 4.99. The molecule has 8 nitrogen and oxygen atoms in total. The summed E-state index contributed by atoms with van der Waals surface area (Å²) in [6.45, 7) is 2.10. The predicted octanol–water partition coefficient (Wildman–Crippen LogP) is 2.78. The molecule has 9 heteroatoms. The number of methoxy groups -OCH3 is 1. The molecule has 2 aromatic rings. The highest BCUT2D eigenvalue weighted by atomic mass is 35.5. The van der Waals surface area contributed by atoms with Crippen LogP contribution in [-0.4, -0.2) is 48.5 Å². The average molecular weight is 421 g/mol. The second-order valence-electron chi connectivity index (χ2n) is 6.88. The molecule has 2 aromatic carbocycles. The molecule has 1 amide bonds. The summed E-state index contributed by atoms with van der Waals surface area (Å²) in [6.07, 6.45) is 0.264. The van der Waals surface area contributed by atoms with Crippen LogP contribution in [0, 0.1) is 10.1 Å². The Labute approximate surface area is 175 Å². The number of likely N-dealkylation sites (tertiary alicyclic amines) is 1. The molecule has 0 unspecified atom stereocenters. The maximum atomic E-state index is 12.4. The number of halogens is 1. The van der Waals surface area contributed by atoms with Gasteiger partial charge in [0.15, 0.2) is 0 Å². The summed E-state index contributed by atoms with van der Waals surface area (Å²) in [5.41, 5.74) is 7.69. The molecule has 29 heavy (non-hydrogen) atoms. The Balaban J connectivity index is 0.00000300. The molecule has 156 valence electrons. The van der Waals surface area contributed by atoms with Crippen molar-refractivity contribution >= 4 is 29.7 Å². The molecular formula is C20H25ClN4O4. The predicted molar refractivity (Wildman–Crippen MR) is 114 cm³/mol. The Kier molecular flexibility index (Phi) is 7.95. The fraction of sp³-hybridized carbons (Fsp3) is 0.350. The number of non-ortho nitro benzene ring substituents is 1. The lowest BCUT2D eigenvalue weighted by Crippen LogP contribution is -2.30. The van der Waals surface area contributed by atoms with Crippen molar-refractivity contribution in [1.29, 1.82) is 0 Å². The molecule has 0 bridgehead atoms. The Hall–Kier alpha value is -2.68. The van der Waals surface area contributed by atoms with Crippen molar-refractivity contribution in [2.75, 3.05) is 32.1 Å². The van der Waals surface area contributed by atoms with E-state index in [2.05, 4.69) is 22.3 Å². The molecule has 1 saturated heterocycles. The average Bonchev–Trinajstić information content (AvgIpc) is 3.07. The van der Waals surface area contributed by atoms with Crippen molar-refractivity contribution < 1.29 is 14.5 Å². The van der Waals surface area contributed by atoms with Crippen molar-refractivity contribution in [3.8, 4) is 5.75 Å². The monoisotopic (exact) mass is 420 g/mol. The van der Waals surface area contributed by atoms with E-state index in [1.807, 2.05) is 18.2 Å². The second kappa shape index (κ2) is 10.2. The summed E-state index contributed by atoms with van der Waals surface area (Å²) in [5.74, 6) is 0.406. The molecule has 0 saturated carbocycles. The smallest absolute Gasteiger partial charge is 0.271 e. The van der Waals surface area contributed by atoms with Gasteiger partial charge in [0.1, 0.15) is 5.75 Å². The number of ether oxygens (including phenoxy) is 1. The summed E-state index contributed by atoms with van der Waals surface area (Å²) in [4.78, 5) is 25.0. The maximum Gasteiger partial charge on any atom is 0.271 e. The summed E-state index contributed by atoms with van der Waals surface area (Å²) in [7, 11) is 1.45. The number of rotatable bonds is 7. The molecule has 1 aliphatic rings. The minimum absolute atomic E-state index is 0. The first kappa shape index (κ1) is 22.6. The first-order valence-electron chi connectivity index (χ1n) is 9.13. The Morgan fingerprint density at radius 2 is 2.00 bits per heavy atom. The van der Waals surface area contributed by atoms with Gasteiger partial charge >= 0.3 is 0 Å². The number of hydrogen-bond donors (Lipinski definition) is 2. The highest BCUT2D eigenvalue weighted by molar-refractivity contribution is 5.92. The summed E-state index contributed by atoms with van der Waals surface area (Å²) in [5, 5.41) is 13.7. The molecule has 1 fully saturated rings. The summed E-state index contributed by atoms with van der Waals surface area (Å²) < 4.78 is 5.17. The zero-order valence-corrected chi connectivity index (χ0v) is 16.9. The number of amides is 1. The summed E-state index contributed by atoms with van der Waals surface area (Å²) >= 11 is 0. The molecule has 1 aliphatic heterocycles. The molecule has 2 atom stereocenters. The number of hydrogen-bond acceptors (Lipinski definition) is 6. The van der Waals surface area contributed by atoms with E-state index in [0.29, 0.717) is 18.0 Å². The van der Waals surface area contributed by atoms with Crippen molar-refractivity contribution in [2.24, 2.45) is 5.73 Å². The molecule has 0 aliphatic carbocycles. The number of carbonyl (C=O) groups is 1. The molecule has 3 N–H and O–H groups in total. The molecule has 0 aromatic heterocycles. The fourth-order valence-electron chi connectivity index (χ4n) is 3.53. The van der Waals surface area contributed by atoms with Gasteiger partial charge in [-0.1, -0.05) is 30.3 Å². The van der Waals surface area contributed by atoms with Crippen LogP contribution in [0.3, 0.4) is 0 Å². The van der Waals surface area contributed by atoms with Crippen LogP contribution in [0.15, 0.2) is 48.5 Å². The van der Waals surface area contributed by atoms with Crippen LogP contribution in [0.2, 0.25) is 0 Å². The lowest BCUT2D eigenvalue weighted by molar-refractivity contribution is -0.384. The van der Waals surface area contributed by atoms with Gasteiger partial charge in [0.2, 0.25) is 5.91 Å². The Morgan fingerprint density at radius 1 is 1.28 bits per heavy atom. The van der Waals surface area contributed by atoms with Crippen LogP contribution in [0.1, 0.15) is 17.9 Å². The van der Waals surface area contributed by atoms with Gasteiger partial charge in [0.25, 0.3) is 5.69 Å². The van der Waals surface area contributed by atoms with Crippen LogP contribution in [0.5, 0.6) is 5.75 Å². The van der Waals surface area contributed by atoms with Gasteiger partial charge in [-0.15, -0.1) is 12.4 Å². The molecule has 0 radical (unpaired) electrons. The lowest BCUT2D eigenvalue weighted by atomic mass is 9.95. The quantitative estimate of drug-likeness (QED) is 0.526. The van der Waals surface area contributed by atoms with Crippen LogP contribution in [0.25, 0.3) is 0 Å². The van der Waals surface area contributed by atoms with E-state index in [-0.39, 0.29) is 42.4 Å². The lowest BCUT2D eigenvalue weighted by Gasteiger charge is -2.16. The molecular weight excluding hydrogens is 396 g/mol. The molecule has 0 spiro atoms. The molecule has 3 rings (SSSR count). The van der Waals surface area contributed by atoms with Crippen molar-refractivity contribution in [3.63, 3.8) is 0 Å². The van der Waals surface area contributed by atoms with E-state index in [4.69, 9.17) is 10.5 Å². The van der Waals surface area contributed by atoms with E-state index in [1.54, 1.807) is 0 Å². The van der Waals surface area contributed by atoms with Gasteiger partial charge in [0, 0.05) is 50.1 Å². The minimum Gasteiger partial charge on any atom is -0.495 e.